The first kappa shape index (κ1) is 31.2. The number of alkyl halides is 1. The SMILES string of the molecule is O=C(NCC1(F)CC1)[C@@H]1CCCCOc2cccc(c2)C[C@H](N2CCCC2=O)C(=O)N[C@@H](CCN2CCOCC2)C(=O)N1. The number of nitrogens with one attached hydrogen (secondary N) is 3. The monoisotopic (exact) mass is 601 g/mol. The molecule has 3 heterocycles. The van der Waals surface area contributed by atoms with Gasteiger partial charge >= 0.3 is 0 Å². The molecule has 11 nitrogen and oxygen atoms in total. The first-order valence-electron chi connectivity index (χ1n) is 15.7. The molecule has 236 valence electrons. The lowest BCUT2D eigenvalue weighted by Crippen LogP contribution is -2.58. The predicted molar refractivity (Wildman–Crippen MR) is 156 cm³/mol. The highest BCUT2D eigenvalue weighted by molar-refractivity contribution is 5.94. The standard InChI is InChI=1S/C31H44FN5O6/c32-31(10-11-31)21-33-28(39)24-7-1-2-16-43-23-6-3-5-22(19-23)20-26(37-12-4-8-27(37)38)30(41)35-25(29(40)34-24)9-13-36-14-17-42-18-15-36/h3,5-6,19,24-26H,1-2,4,7-18,20-21H2,(H,33,39)(H,34,40)(H,35,41)/t24-,25-,26-/m0/s1. The third kappa shape index (κ3) is 8.88. The zero-order valence-corrected chi connectivity index (χ0v) is 24.8. The van der Waals surface area contributed by atoms with E-state index in [0.717, 1.165) is 18.7 Å². The van der Waals surface area contributed by atoms with Gasteiger partial charge in [0, 0.05) is 39.0 Å². The summed E-state index contributed by atoms with van der Waals surface area (Å²) in [6.45, 7) is 4.00. The van der Waals surface area contributed by atoms with Gasteiger partial charge in [-0.2, -0.15) is 0 Å². The van der Waals surface area contributed by atoms with Gasteiger partial charge in [0.05, 0.1) is 26.4 Å². The van der Waals surface area contributed by atoms with E-state index < -0.39 is 41.5 Å². The Kier molecular flexibility index (Phi) is 10.5. The largest absolute Gasteiger partial charge is 0.494 e. The maximum atomic E-state index is 14.3. The van der Waals surface area contributed by atoms with Crippen LogP contribution in [0.2, 0.25) is 0 Å². The highest BCUT2D eigenvalue weighted by atomic mass is 19.1. The number of ether oxygens (including phenoxy) is 2. The number of rotatable bonds is 7. The lowest BCUT2D eigenvalue weighted by atomic mass is 10.0. The molecule has 3 N–H and O–H groups in total. The van der Waals surface area contributed by atoms with E-state index >= 15 is 0 Å². The second-order valence-corrected chi connectivity index (χ2v) is 12.1. The van der Waals surface area contributed by atoms with Crippen LogP contribution in [0, 0.1) is 0 Å². The summed E-state index contributed by atoms with van der Waals surface area (Å²) in [7, 11) is 0. The quantitative estimate of drug-likeness (QED) is 0.427. The Hall–Kier alpha value is -3.25. The number of carbonyl (C=O) groups is 4. The molecule has 3 fully saturated rings. The van der Waals surface area contributed by atoms with Crippen LogP contribution in [0.1, 0.15) is 56.9 Å². The van der Waals surface area contributed by atoms with Crippen molar-refractivity contribution in [2.45, 2.75) is 81.6 Å². The summed E-state index contributed by atoms with van der Waals surface area (Å²) in [6.07, 6.45) is 4.08. The van der Waals surface area contributed by atoms with Gasteiger partial charge in [0.2, 0.25) is 23.6 Å². The van der Waals surface area contributed by atoms with E-state index in [1.165, 1.54) is 0 Å². The van der Waals surface area contributed by atoms with Crippen LogP contribution in [-0.4, -0.2) is 110 Å². The maximum Gasteiger partial charge on any atom is 0.243 e. The number of hydrogen-bond donors (Lipinski definition) is 3. The van der Waals surface area contributed by atoms with Crippen molar-refractivity contribution in [2.75, 3.05) is 52.5 Å². The van der Waals surface area contributed by atoms with Crippen LogP contribution in [0.15, 0.2) is 24.3 Å². The van der Waals surface area contributed by atoms with Crippen LogP contribution in [0.25, 0.3) is 0 Å². The molecule has 3 atom stereocenters. The van der Waals surface area contributed by atoms with Crippen LogP contribution in [0.3, 0.4) is 0 Å². The number of morpholine rings is 1. The first-order chi connectivity index (χ1) is 20.8. The Morgan fingerprint density at radius 3 is 2.58 bits per heavy atom. The van der Waals surface area contributed by atoms with Gasteiger partial charge in [0.25, 0.3) is 0 Å². The van der Waals surface area contributed by atoms with Crippen molar-refractivity contribution in [1.82, 2.24) is 25.8 Å². The molecule has 5 rings (SSSR count). The number of likely N-dealkylation sites (tertiary alicyclic amines) is 1. The minimum Gasteiger partial charge on any atom is -0.494 e. The van der Waals surface area contributed by atoms with E-state index in [0.29, 0.717) is 90.0 Å². The zero-order chi connectivity index (χ0) is 30.2. The molecule has 0 radical (unpaired) electrons. The third-order valence-electron chi connectivity index (χ3n) is 8.75. The molecule has 1 saturated carbocycles. The summed E-state index contributed by atoms with van der Waals surface area (Å²) in [5.74, 6) is -0.745. The first-order valence-corrected chi connectivity index (χ1v) is 15.7. The summed E-state index contributed by atoms with van der Waals surface area (Å²) in [5, 5.41) is 8.48. The lowest BCUT2D eigenvalue weighted by Gasteiger charge is -2.31. The summed E-state index contributed by atoms with van der Waals surface area (Å²) < 4.78 is 25.7. The number of hydrogen-bond acceptors (Lipinski definition) is 7. The van der Waals surface area contributed by atoms with Crippen molar-refractivity contribution in [1.29, 1.82) is 0 Å². The number of benzene rings is 1. The number of fused-ring (bicyclic) bond motifs is 2. The number of halogens is 1. The van der Waals surface area contributed by atoms with Crippen LogP contribution >= 0.6 is 0 Å². The van der Waals surface area contributed by atoms with Crippen LogP contribution in [0.5, 0.6) is 5.75 Å². The van der Waals surface area contributed by atoms with Crippen molar-refractivity contribution in [3.8, 4) is 5.75 Å². The average Bonchev–Trinajstić information content (AvgIpc) is 3.60. The van der Waals surface area contributed by atoms with Crippen molar-refractivity contribution in [2.24, 2.45) is 0 Å². The fraction of sp³-hybridized carbons (Fsp3) is 0.677. The summed E-state index contributed by atoms with van der Waals surface area (Å²) >= 11 is 0. The molecule has 1 aromatic rings. The highest BCUT2D eigenvalue weighted by Crippen LogP contribution is 2.38. The summed E-state index contributed by atoms with van der Waals surface area (Å²) in [5.41, 5.74) is -0.506. The molecule has 12 heteroatoms. The van der Waals surface area contributed by atoms with Crippen molar-refractivity contribution in [3.63, 3.8) is 0 Å². The van der Waals surface area contributed by atoms with E-state index in [9.17, 15) is 23.6 Å². The molecular formula is C31H44FN5O6. The minimum absolute atomic E-state index is 0.0829. The van der Waals surface area contributed by atoms with Crippen LogP contribution in [-0.2, 0) is 30.3 Å². The van der Waals surface area contributed by atoms with E-state index in [2.05, 4.69) is 20.9 Å². The highest BCUT2D eigenvalue weighted by Gasteiger charge is 2.43. The molecule has 1 aliphatic carbocycles. The molecule has 2 bridgehead atoms. The van der Waals surface area contributed by atoms with Crippen LogP contribution in [0.4, 0.5) is 4.39 Å². The Morgan fingerprint density at radius 2 is 1.84 bits per heavy atom. The Bertz CT molecular complexity index is 1160. The molecule has 0 unspecified atom stereocenters. The molecule has 3 aliphatic heterocycles. The average molecular weight is 602 g/mol. The van der Waals surface area contributed by atoms with Crippen molar-refractivity contribution in [3.05, 3.63) is 29.8 Å². The topological polar surface area (TPSA) is 129 Å². The van der Waals surface area contributed by atoms with Crippen molar-refractivity contribution < 1.29 is 33.0 Å². The molecule has 43 heavy (non-hydrogen) atoms. The Labute approximate surface area is 252 Å². The molecule has 4 amide bonds. The Balaban J connectivity index is 1.38. The van der Waals surface area contributed by atoms with Gasteiger partial charge in [0.1, 0.15) is 29.5 Å². The Morgan fingerprint density at radius 1 is 1.02 bits per heavy atom. The van der Waals surface area contributed by atoms with Gasteiger partial charge in [-0.25, -0.2) is 4.39 Å². The van der Waals surface area contributed by atoms with Crippen molar-refractivity contribution >= 4 is 23.6 Å². The maximum absolute atomic E-state index is 14.3. The fourth-order valence-electron chi connectivity index (χ4n) is 5.86. The second-order valence-electron chi connectivity index (χ2n) is 12.1. The molecule has 0 aromatic heterocycles. The van der Waals surface area contributed by atoms with E-state index in [-0.39, 0.29) is 18.9 Å². The van der Waals surface area contributed by atoms with Gasteiger partial charge in [-0.15, -0.1) is 0 Å². The van der Waals surface area contributed by atoms with E-state index in [4.69, 9.17) is 9.47 Å². The second kappa shape index (κ2) is 14.5. The molecule has 1 aromatic carbocycles. The van der Waals surface area contributed by atoms with E-state index in [1.54, 1.807) is 4.90 Å². The van der Waals surface area contributed by atoms with Gasteiger partial charge in [0.15, 0.2) is 0 Å². The van der Waals surface area contributed by atoms with Gasteiger partial charge in [-0.05, 0) is 62.6 Å². The third-order valence-corrected chi connectivity index (χ3v) is 8.75. The smallest absolute Gasteiger partial charge is 0.243 e. The van der Waals surface area contributed by atoms with Crippen LogP contribution < -0.4 is 20.7 Å². The minimum atomic E-state index is -1.36. The molecule has 2 saturated heterocycles. The summed E-state index contributed by atoms with van der Waals surface area (Å²) in [6, 6.07) is 4.91. The zero-order valence-electron chi connectivity index (χ0n) is 24.8. The fourth-order valence-corrected chi connectivity index (χ4v) is 5.86. The van der Waals surface area contributed by atoms with Gasteiger partial charge < -0.3 is 30.3 Å². The van der Waals surface area contributed by atoms with Gasteiger partial charge in [-0.1, -0.05) is 12.1 Å². The van der Waals surface area contributed by atoms with E-state index in [1.807, 2.05) is 24.3 Å². The number of nitrogens with zero attached hydrogens (tertiary/aromatic N) is 2. The number of carbonyl (C=O) groups excluding carboxylic acids is 4. The normalized spacial score (nSPS) is 27.1. The van der Waals surface area contributed by atoms with Gasteiger partial charge in [-0.3, -0.25) is 24.1 Å². The summed E-state index contributed by atoms with van der Waals surface area (Å²) in [4.78, 5) is 57.4. The molecule has 0 spiro atoms. The molecular weight excluding hydrogens is 557 g/mol. The number of amides is 4. The molecule has 4 aliphatic rings. The lowest BCUT2D eigenvalue weighted by molar-refractivity contribution is -0.139. The predicted octanol–water partition coefficient (Wildman–Crippen LogP) is 1.09.